The molecule has 1 saturated heterocycles. The molecule has 0 radical (unpaired) electrons. The predicted molar refractivity (Wildman–Crippen MR) is 65.8 cm³/mol. The molecule has 0 aromatic heterocycles. The van der Waals surface area contributed by atoms with Crippen molar-refractivity contribution in [3.8, 4) is 0 Å². The maximum absolute atomic E-state index is 11.7. The van der Waals surface area contributed by atoms with E-state index in [4.69, 9.17) is 9.84 Å². The Balaban J connectivity index is 2.18. The number of cyclic esters (lactones) is 1. The maximum Gasteiger partial charge on any atom is 0.414 e. The van der Waals surface area contributed by atoms with Crippen LogP contribution in [0.5, 0.6) is 0 Å². The number of carboxylic acids is 1. The van der Waals surface area contributed by atoms with Crippen molar-refractivity contribution < 1.29 is 19.4 Å². The summed E-state index contributed by atoms with van der Waals surface area (Å²) < 4.78 is 5.03. The van der Waals surface area contributed by atoms with Crippen LogP contribution in [0.4, 0.5) is 10.5 Å². The number of nitrogens with zero attached hydrogens (tertiary/aromatic N) is 1. The smallest absolute Gasteiger partial charge is 0.414 e. The highest BCUT2D eigenvalue weighted by Gasteiger charge is 2.33. The van der Waals surface area contributed by atoms with Gasteiger partial charge in [0.05, 0.1) is 13.0 Å². The summed E-state index contributed by atoms with van der Waals surface area (Å²) in [7, 11) is 0. The molecule has 1 aliphatic rings. The fourth-order valence-electron chi connectivity index (χ4n) is 2.14. The van der Waals surface area contributed by atoms with Crippen molar-refractivity contribution in [3.05, 3.63) is 29.3 Å². The summed E-state index contributed by atoms with van der Waals surface area (Å²) in [6.07, 6.45) is -1.21. The standard InChI is InChI=1S/C13H15NO4/c1-8-3-9(2)5-10(4-8)14-7-11(6-12(15)16)18-13(14)17/h3-5,11H,6-7H2,1-2H3,(H,15,16). The largest absolute Gasteiger partial charge is 0.481 e. The summed E-state index contributed by atoms with van der Waals surface area (Å²) >= 11 is 0. The van der Waals surface area contributed by atoms with Crippen LogP contribution < -0.4 is 4.90 Å². The fraction of sp³-hybridized carbons (Fsp3) is 0.385. The van der Waals surface area contributed by atoms with Gasteiger partial charge in [-0.15, -0.1) is 0 Å². The number of aryl methyl sites for hydroxylation is 2. The van der Waals surface area contributed by atoms with Gasteiger partial charge in [0, 0.05) is 5.69 Å². The average Bonchev–Trinajstić information content (AvgIpc) is 2.56. The Morgan fingerprint density at radius 1 is 1.39 bits per heavy atom. The lowest BCUT2D eigenvalue weighted by Crippen LogP contribution is -2.25. The molecule has 1 aliphatic heterocycles. The van der Waals surface area contributed by atoms with Crippen LogP contribution in [-0.2, 0) is 9.53 Å². The molecule has 0 spiro atoms. The molecule has 0 bridgehead atoms. The number of amides is 1. The highest BCUT2D eigenvalue weighted by molar-refractivity contribution is 5.90. The number of ether oxygens (including phenoxy) is 1. The Kier molecular flexibility index (Phi) is 3.23. The Labute approximate surface area is 105 Å². The SMILES string of the molecule is Cc1cc(C)cc(N2CC(CC(=O)O)OC2=O)c1. The number of hydrogen-bond donors (Lipinski definition) is 1. The van der Waals surface area contributed by atoms with Crippen molar-refractivity contribution >= 4 is 17.7 Å². The molecule has 1 aromatic rings. The van der Waals surface area contributed by atoms with E-state index in [0.29, 0.717) is 0 Å². The van der Waals surface area contributed by atoms with Gasteiger partial charge in [-0.25, -0.2) is 4.79 Å². The molecule has 1 heterocycles. The summed E-state index contributed by atoms with van der Waals surface area (Å²) in [4.78, 5) is 23.8. The van der Waals surface area contributed by atoms with Crippen LogP contribution in [0.3, 0.4) is 0 Å². The predicted octanol–water partition coefficient (Wildman–Crippen LogP) is 2.10. The fourth-order valence-corrected chi connectivity index (χ4v) is 2.14. The third kappa shape index (κ3) is 2.61. The summed E-state index contributed by atoms with van der Waals surface area (Å²) in [6.45, 7) is 4.19. The Hall–Kier alpha value is -2.04. The molecule has 0 saturated carbocycles. The Morgan fingerprint density at radius 3 is 2.56 bits per heavy atom. The number of benzene rings is 1. The molecule has 1 aromatic carbocycles. The second-order valence-corrected chi connectivity index (χ2v) is 4.56. The molecule has 96 valence electrons. The number of hydrogen-bond acceptors (Lipinski definition) is 3. The van der Waals surface area contributed by atoms with Crippen LogP contribution in [0.15, 0.2) is 18.2 Å². The van der Waals surface area contributed by atoms with Gasteiger partial charge in [-0.1, -0.05) is 6.07 Å². The third-order valence-corrected chi connectivity index (χ3v) is 2.79. The van der Waals surface area contributed by atoms with Gasteiger partial charge in [-0.2, -0.15) is 0 Å². The average molecular weight is 249 g/mol. The lowest BCUT2D eigenvalue weighted by molar-refractivity contribution is -0.138. The molecular weight excluding hydrogens is 234 g/mol. The Bertz CT molecular complexity index is 478. The lowest BCUT2D eigenvalue weighted by Gasteiger charge is -2.14. The minimum Gasteiger partial charge on any atom is -0.481 e. The van der Waals surface area contributed by atoms with Gasteiger partial charge in [0.2, 0.25) is 0 Å². The van der Waals surface area contributed by atoms with E-state index in [2.05, 4.69) is 0 Å². The zero-order chi connectivity index (χ0) is 13.3. The van der Waals surface area contributed by atoms with Crippen LogP contribution in [0, 0.1) is 13.8 Å². The van der Waals surface area contributed by atoms with Crippen molar-refractivity contribution in [2.45, 2.75) is 26.4 Å². The molecule has 5 heteroatoms. The van der Waals surface area contributed by atoms with Gasteiger partial charge in [0.1, 0.15) is 6.10 Å². The molecule has 18 heavy (non-hydrogen) atoms. The minimum atomic E-state index is -0.963. The molecule has 1 N–H and O–H groups in total. The summed E-state index contributed by atoms with van der Waals surface area (Å²) in [5.41, 5.74) is 2.87. The second kappa shape index (κ2) is 4.68. The maximum atomic E-state index is 11.7. The number of carbonyl (C=O) groups is 2. The van der Waals surface area contributed by atoms with Crippen LogP contribution in [-0.4, -0.2) is 29.8 Å². The Morgan fingerprint density at radius 2 is 2.00 bits per heavy atom. The van der Waals surface area contributed by atoms with E-state index >= 15 is 0 Å². The molecule has 1 unspecified atom stereocenters. The number of anilines is 1. The molecule has 5 nitrogen and oxygen atoms in total. The number of aliphatic carboxylic acids is 1. The summed E-state index contributed by atoms with van der Waals surface area (Å²) in [6, 6.07) is 5.79. The number of carboxylic acid groups (broad SMARTS) is 1. The normalized spacial score (nSPS) is 18.9. The van der Waals surface area contributed by atoms with Crippen LogP contribution >= 0.6 is 0 Å². The number of carbonyl (C=O) groups excluding carboxylic acids is 1. The number of rotatable bonds is 3. The minimum absolute atomic E-state index is 0.160. The first kappa shape index (κ1) is 12.4. The van der Waals surface area contributed by atoms with Crippen molar-refractivity contribution in [2.75, 3.05) is 11.4 Å². The molecule has 1 fully saturated rings. The van der Waals surface area contributed by atoms with E-state index in [-0.39, 0.29) is 13.0 Å². The van der Waals surface area contributed by atoms with Crippen molar-refractivity contribution in [1.82, 2.24) is 0 Å². The first-order valence-electron chi connectivity index (χ1n) is 5.74. The topological polar surface area (TPSA) is 66.8 Å². The molecule has 2 rings (SSSR count). The molecule has 1 atom stereocenters. The van der Waals surface area contributed by atoms with Gasteiger partial charge in [-0.05, 0) is 37.1 Å². The van der Waals surface area contributed by atoms with Gasteiger partial charge in [-0.3, -0.25) is 9.69 Å². The monoisotopic (exact) mass is 249 g/mol. The van der Waals surface area contributed by atoms with Crippen LogP contribution in [0.2, 0.25) is 0 Å². The van der Waals surface area contributed by atoms with Gasteiger partial charge < -0.3 is 9.84 Å². The van der Waals surface area contributed by atoms with Crippen molar-refractivity contribution in [1.29, 1.82) is 0 Å². The third-order valence-electron chi connectivity index (χ3n) is 2.79. The summed E-state index contributed by atoms with van der Waals surface area (Å²) in [5.74, 6) is -0.963. The van der Waals surface area contributed by atoms with Gasteiger partial charge >= 0.3 is 12.1 Å². The van der Waals surface area contributed by atoms with Crippen molar-refractivity contribution in [3.63, 3.8) is 0 Å². The highest BCUT2D eigenvalue weighted by atomic mass is 16.6. The summed E-state index contributed by atoms with van der Waals surface area (Å²) in [5, 5.41) is 8.70. The second-order valence-electron chi connectivity index (χ2n) is 4.56. The molecule has 1 amide bonds. The van der Waals surface area contributed by atoms with Crippen LogP contribution in [0.25, 0.3) is 0 Å². The quantitative estimate of drug-likeness (QED) is 0.890. The molecule has 0 aliphatic carbocycles. The zero-order valence-electron chi connectivity index (χ0n) is 10.3. The van der Waals surface area contributed by atoms with E-state index in [9.17, 15) is 9.59 Å². The molecular formula is C13H15NO4. The van der Waals surface area contributed by atoms with E-state index in [1.165, 1.54) is 4.90 Å². The van der Waals surface area contributed by atoms with Crippen molar-refractivity contribution in [2.24, 2.45) is 0 Å². The zero-order valence-corrected chi connectivity index (χ0v) is 10.3. The van der Waals surface area contributed by atoms with Gasteiger partial charge in [0.25, 0.3) is 0 Å². The van der Waals surface area contributed by atoms with Crippen LogP contribution in [0.1, 0.15) is 17.5 Å². The van der Waals surface area contributed by atoms with E-state index in [1.807, 2.05) is 32.0 Å². The first-order valence-corrected chi connectivity index (χ1v) is 5.74. The highest BCUT2D eigenvalue weighted by Crippen LogP contribution is 2.25. The lowest BCUT2D eigenvalue weighted by atomic mass is 10.1. The van der Waals surface area contributed by atoms with E-state index < -0.39 is 18.2 Å². The van der Waals surface area contributed by atoms with E-state index in [0.717, 1.165) is 16.8 Å². The first-order chi connectivity index (χ1) is 8.45. The van der Waals surface area contributed by atoms with Gasteiger partial charge in [0.15, 0.2) is 0 Å². The van der Waals surface area contributed by atoms with E-state index in [1.54, 1.807) is 0 Å².